The van der Waals surface area contributed by atoms with Crippen molar-refractivity contribution >= 4 is 23.4 Å². The molecule has 186 valence electrons. The van der Waals surface area contributed by atoms with E-state index in [9.17, 15) is 23.9 Å². The number of rotatable bonds is 8. The molecule has 1 amide bonds. The van der Waals surface area contributed by atoms with Crippen molar-refractivity contribution in [2.75, 3.05) is 41.4 Å². The number of benzene rings is 2. The number of likely N-dealkylation sites (N-methyl/N-ethyl adjacent to an activating group) is 1. The Bertz CT molecular complexity index is 1190. The number of esters is 1. The standard InChI is InChI=1S/C25H27FN2O7/c1-14(29)35-20-12-15(6-8-19(20)34-5)22-21(24(31)25(32)28(22)11-10-27(2)3)23(30)17-13-16(26)7-9-18(17)33-4/h6-9,12-13,22,30H,10-11H2,1-5H3/b23-21+. The monoisotopic (exact) mass is 486 g/mol. The molecule has 9 nitrogen and oxygen atoms in total. The molecular formula is C25H27FN2O7. The number of hydrogen-bond acceptors (Lipinski definition) is 8. The van der Waals surface area contributed by atoms with Crippen molar-refractivity contribution in [2.45, 2.75) is 13.0 Å². The van der Waals surface area contributed by atoms with E-state index < -0.39 is 35.3 Å². The highest BCUT2D eigenvalue weighted by atomic mass is 19.1. The van der Waals surface area contributed by atoms with E-state index >= 15 is 0 Å². The number of hydrogen-bond donors (Lipinski definition) is 1. The summed E-state index contributed by atoms with van der Waals surface area (Å²) in [5, 5.41) is 11.2. The zero-order valence-electron chi connectivity index (χ0n) is 20.1. The van der Waals surface area contributed by atoms with Crippen molar-refractivity contribution in [3.05, 3.63) is 58.9 Å². The van der Waals surface area contributed by atoms with Gasteiger partial charge in [0.15, 0.2) is 11.5 Å². The Hall–Kier alpha value is -3.92. The number of ketones is 1. The van der Waals surface area contributed by atoms with Crippen molar-refractivity contribution in [3.63, 3.8) is 0 Å². The van der Waals surface area contributed by atoms with E-state index in [1.54, 1.807) is 6.07 Å². The van der Waals surface area contributed by atoms with Gasteiger partial charge in [-0.2, -0.15) is 0 Å². The number of amides is 1. The van der Waals surface area contributed by atoms with Crippen LogP contribution < -0.4 is 14.2 Å². The Labute approximate surface area is 202 Å². The average molecular weight is 486 g/mol. The summed E-state index contributed by atoms with van der Waals surface area (Å²) in [7, 11) is 6.37. The lowest BCUT2D eigenvalue weighted by Gasteiger charge is -2.27. The van der Waals surface area contributed by atoms with Crippen LogP contribution in [0.15, 0.2) is 42.0 Å². The number of likely N-dealkylation sites (tertiary alicyclic amines) is 1. The maximum atomic E-state index is 14.0. The Morgan fingerprint density at radius 1 is 1.06 bits per heavy atom. The number of nitrogens with zero attached hydrogens (tertiary/aromatic N) is 2. The number of halogens is 1. The van der Waals surface area contributed by atoms with Gasteiger partial charge in [-0.05, 0) is 50.0 Å². The summed E-state index contributed by atoms with van der Waals surface area (Å²) in [5.74, 6) is -3.11. The van der Waals surface area contributed by atoms with E-state index in [1.165, 1.54) is 44.2 Å². The lowest BCUT2D eigenvalue weighted by atomic mass is 9.94. The van der Waals surface area contributed by atoms with Crippen LogP contribution in [0.4, 0.5) is 4.39 Å². The molecule has 0 aromatic heterocycles. The van der Waals surface area contributed by atoms with Gasteiger partial charge in [0.25, 0.3) is 11.7 Å². The smallest absolute Gasteiger partial charge is 0.308 e. The molecule has 0 aliphatic carbocycles. The normalized spacial score (nSPS) is 17.1. The molecular weight excluding hydrogens is 459 g/mol. The molecule has 0 saturated carbocycles. The Morgan fingerprint density at radius 3 is 2.31 bits per heavy atom. The summed E-state index contributed by atoms with van der Waals surface area (Å²) in [6.45, 7) is 1.82. The molecule has 35 heavy (non-hydrogen) atoms. The van der Waals surface area contributed by atoms with Crippen LogP contribution in [0.3, 0.4) is 0 Å². The van der Waals surface area contributed by atoms with Crippen LogP contribution in [0.2, 0.25) is 0 Å². The second-order valence-electron chi connectivity index (χ2n) is 8.14. The Balaban J connectivity index is 2.26. The van der Waals surface area contributed by atoms with Gasteiger partial charge in [0.2, 0.25) is 0 Å². The van der Waals surface area contributed by atoms with Crippen LogP contribution in [0.1, 0.15) is 24.1 Å². The van der Waals surface area contributed by atoms with Gasteiger partial charge < -0.3 is 29.1 Å². The molecule has 10 heteroatoms. The van der Waals surface area contributed by atoms with E-state index in [4.69, 9.17) is 14.2 Å². The fourth-order valence-corrected chi connectivity index (χ4v) is 3.87. The number of ether oxygens (including phenoxy) is 3. The molecule has 3 rings (SSSR count). The van der Waals surface area contributed by atoms with Crippen molar-refractivity contribution in [3.8, 4) is 17.2 Å². The summed E-state index contributed by atoms with van der Waals surface area (Å²) in [4.78, 5) is 41.0. The molecule has 1 aliphatic rings. The number of Topliss-reactive ketones (excluding diaryl/α,β-unsaturated/α-hetero) is 1. The topological polar surface area (TPSA) is 106 Å². The SMILES string of the molecule is COc1ccc(C2/C(=C(\O)c3cc(F)ccc3OC)C(=O)C(=O)N2CCN(C)C)cc1OC(C)=O. The molecule has 2 aromatic carbocycles. The molecule has 1 N–H and O–H groups in total. The zero-order chi connectivity index (χ0) is 25.9. The van der Waals surface area contributed by atoms with E-state index in [0.29, 0.717) is 12.1 Å². The fraction of sp³-hybridized carbons (Fsp3) is 0.320. The number of aliphatic hydroxyl groups excluding tert-OH is 1. The quantitative estimate of drug-likeness (QED) is 0.200. The highest BCUT2D eigenvalue weighted by Gasteiger charge is 2.46. The number of carbonyl (C=O) groups is 3. The second kappa shape index (κ2) is 10.6. The molecule has 1 aliphatic heterocycles. The van der Waals surface area contributed by atoms with Crippen LogP contribution in [0.25, 0.3) is 5.76 Å². The second-order valence-corrected chi connectivity index (χ2v) is 8.14. The van der Waals surface area contributed by atoms with Crippen molar-refractivity contribution < 1.29 is 38.1 Å². The predicted molar refractivity (Wildman–Crippen MR) is 125 cm³/mol. The average Bonchev–Trinajstić information content (AvgIpc) is 3.06. The zero-order valence-corrected chi connectivity index (χ0v) is 20.1. The Kier molecular flexibility index (Phi) is 7.75. The predicted octanol–water partition coefficient (Wildman–Crippen LogP) is 2.75. The first kappa shape index (κ1) is 25.7. The third-order valence-corrected chi connectivity index (χ3v) is 5.50. The molecule has 1 heterocycles. The lowest BCUT2D eigenvalue weighted by molar-refractivity contribution is -0.140. The van der Waals surface area contributed by atoms with Crippen molar-refractivity contribution in [1.29, 1.82) is 0 Å². The highest BCUT2D eigenvalue weighted by Crippen LogP contribution is 2.43. The molecule has 1 atom stereocenters. The largest absolute Gasteiger partial charge is 0.507 e. The number of carbonyl (C=O) groups excluding carboxylic acids is 3. The minimum absolute atomic E-state index is 0.0724. The number of methoxy groups -OCH3 is 2. The minimum atomic E-state index is -1.04. The van der Waals surface area contributed by atoms with Gasteiger partial charge in [0, 0.05) is 20.0 Å². The third kappa shape index (κ3) is 5.27. The van der Waals surface area contributed by atoms with Crippen LogP contribution in [-0.2, 0) is 14.4 Å². The highest BCUT2D eigenvalue weighted by molar-refractivity contribution is 6.46. The third-order valence-electron chi connectivity index (χ3n) is 5.50. The van der Waals surface area contributed by atoms with Gasteiger partial charge in [0.1, 0.15) is 17.3 Å². The maximum absolute atomic E-state index is 14.0. The summed E-state index contributed by atoms with van der Waals surface area (Å²) < 4.78 is 29.8. The first-order chi connectivity index (χ1) is 16.6. The molecule has 0 spiro atoms. The van der Waals surface area contributed by atoms with E-state index in [1.807, 2.05) is 19.0 Å². The van der Waals surface area contributed by atoms with Crippen molar-refractivity contribution in [2.24, 2.45) is 0 Å². The van der Waals surface area contributed by atoms with E-state index in [2.05, 4.69) is 0 Å². The molecule has 1 fully saturated rings. The van der Waals surface area contributed by atoms with Gasteiger partial charge in [-0.15, -0.1) is 0 Å². The van der Waals surface area contributed by atoms with Gasteiger partial charge in [-0.25, -0.2) is 4.39 Å². The van der Waals surface area contributed by atoms with Gasteiger partial charge in [-0.1, -0.05) is 6.07 Å². The molecule has 1 saturated heterocycles. The summed E-state index contributed by atoms with van der Waals surface area (Å²) in [6, 6.07) is 7.05. The van der Waals surface area contributed by atoms with Crippen LogP contribution in [0.5, 0.6) is 17.2 Å². The first-order valence-electron chi connectivity index (χ1n) is 10.7. The Morgan fingerprint density at radius 2 is 1.71 bits per heavy atom. The van der Waals surface area contributed by atoms with E-state index in [-0.39, 0.29) is 34.9 Å². The summed E-state index contributed by atoms with van der Waals surface area (Å²) >= 11 is 0. The van der Waals surface area contributed by atoms with Crippen LogP contribution >= 0.6 is 0 Å². The summed E-state index contributed by atoms with van der Waals surface area (Å²) in [5.41, 5.74) is 0.0744. The van der Waals surface area contributed by atoms with Crippen molar-refractivity contribution in [1.82, 2.24) is 9.80 Å². The molecule has 0 bridgehead atoms. The minimum Gasteiger partial charge on any atom is -0.507 e. The van der Waals surface area contributed by atoms with Crippen LogP contribution in [0, 0.1) is 5.82 Å². The number of aliphatic hydroxyl groups is 1. The lowest BCUT2D eigenvalue weighted by Crippen LogP contribution is -2.35. The fourth-order valence-electron chi connectivity index (χ4n) is 3.87. The molecule has 1 unspecified atom stereocenters. The molecule has 0 radical (unpaired) electrons. The van der Waals surface area contributed by atoms with Gasteiger partial charge >= 0.3 is 5.97 Å². The van der Waals surface area contributed by atoms with Crippen LogP contribution in [-0.4, -0.2) is 74.0 Å². The summed E-state index contributed by atoms with van der Waals surface area (Å²) in [6.07, 6.45) is 0. The van der Waals surface area contributed by atoms with E-state index in [0.717, 1.165) is 12.1 Å². The maximum Gasteiger partial charge on any atom is 0.308 e. The van der Waals surface area contributed by atoms with Gasteiger partial charge in [-0.3, -0.25) is 14.4 Å². The van der Waals surface area contributed by atoms with Gasteiger partial charge in [0.05, 0.1) is 31.4 Å². The first-order valence-corrected chi connectivity index (χ1v) is 10.7. The molecule has 2 aromatic rings.